The zero-order chi connectivity index (χ0) is 8.85. The predicted molar refractivity (Wildman–Crippen MR) is 49.5 cm³/mol. The summed E-state index contributed by atoms with van der Waals surface area (Å²) < 4.78 is 0. The Morgan fingerprint density at radius 3 is 2.00 bits per heavy atom. The Balaban J connectivity index is 3.43. The molecule has 0 spiro atoms. The first-order chi connectivity index (χ1) is 5.07. The average Bonchev–Trinajstić information content (AvgIpc) is 1.98. The fourth-order valence-electron chi connectivity index (χ4n) is 1.06. The van der Waals surface area contributed by atoms with Gasteiger partial charge < -0.3 is 5.11 Å². The fourth-order valence-corrected chi connectivity index (χ4v) is 1.06. The van der Waals surface area contributed by atoms with Gasteiger partial charge in [0, 0.05) is 0 Å². The van der Waals surface area contributed by atoms with E-state index in [1.54, 1.807) is 0 Å². The van der Waals surface area contributed by atoms with Crippen LogP contribution >= 0.6 is 0 Å². The van der Waals surface area contributed by atoms with Crippen LogP contribution in [0.1, 0.15) is 47.0 Å². The van der Waals surface area contributed by atoms with E-state index in [4.69, 9.17) is 0 Å². The summed E-state index contributed by atoms with van der Waals surface area (Å²) in [5.74, 6) is 1.18. The highest BCUT2D eigenvalue weighted by molar-refractivity contribution is 4.63. The van der Waals surface area contributed by atoms with Gasteiger partial charge in [-0.15, -0.1) is 0 Å². The summed E-state index contributed by atoms with van der Waals surface area (Å²) in [6.45, 7) is 8.64. The molecule has 0 bridgehead atoms. The van der Waals surface area contributed by atoms with Crippen molar-refractivity contribution in [3.63, 3.8) is 0 Å². The molecular weight excluding hydrogens is 136 g/mol. The third-order valence-corrected chi connectivity index (χ3v) is 2.34. The Morgan fingerprint density at radius 2 is 1.64 bits per heavy atom. The molecule has 68 valence electrons. The Morgan fingerprint density at radius 1 is 1.09 bits per heavy atom. The van der Waals surface area contributed by atoms with E-state index in [9.17, 15) is 5.11 Å². The lowest BCUT2D eigenvalue weighted by atomic mass is 9.95. The second-order valence-electron chi connectivity index (χ2n) is 3.92. The minimum Gasteiger partial charge on any atom is -0.393 e. The topological polar surface area (TPSA) is 20.2 Å². The SMILES string of the molecule is CCC(C)C(O)CCC(C)C. The molecule has 1 nitrogen and oxygen atoms in total. The van der Waals surface area contributed by atoms with Crippen molar-refractivity contribution in [2.75, 3.05) is 0 Å². The Bertz CT molecular complexity index is 88.9. The maximum Gasteiger partial charge on any atom is 0.0565 e. The standard InChI is InChI=1S/C10H22O/c1-5-9(4)10(11)7-6-8(2)3/h8-11H,5-7H2,1-4H3. The van der Waals surface area contributed by atoms with Crippen LogP contribution in [0.3, 0.4) is 0 Å². The lowest BCUT2D eigenvalue weighted by Gasteiger charge is -2.17. The monoisotopic (exact) mass is 158 g/mol. The van der Waals surface area contributed by atoms with E-state index in [2.05, 4.69) is 27.7 Å². The molecule has 0 heterocycles. The van der Waals surface area contributed by atoms with Crippen LogP contribution in [0.2, 0.25) is 0 Å². The van der Waals surface area contributed by atoms with E-state index in [1.165, 1.54) is 0 Å². The molecular formula is C10H22O. The molecule has 0 amide bonds. The number of hydrogen-bond donors (Lipinski definition) is 1. The first kappa shape index (κ1) is 11.0. The molecule has 0 aliphatic heterocycles. The van der Waals surface area contributed by atoms with Crippen LogP contribution in [0.5, 0.6) is 0 Å². The molecule has 0 aliphatic rings. The van der Waals surface area contributed by atoms with Crippen LogP contribution in [-0.2, 0) is 0 Å². The summed E-state index contributed by atoms with van der Waals surface area (Å²) in [4.78, 5) is 0. The number of hydrogen-bond acceptors (Lipinski definition) is 1. The number of aliphatic hydroxyl groups is 1. The fraction of sp³-hybridized carbons (Fsp3) is 1.00. The van der Waals surface area contributed by atoms with Crippen molar-refractivity contribution in [3.8, 4) is 0 Å². The summed E-state index contributed by atoms with van der Waals surface area (Å²) in [5.41, 5.74) is 0. The molecule has 0 aromatic rings. The molecule has 0 radical (unpaired) electrons. The minimum absolute atomic E-state index is 0.0811. The molecule has 0 saturated heterocycles. The highest BCUT2D eigenvalue weighted by Crippen LogP contribution is 2.15. The van der Waals surface area contributed by atoms with Gasteiger partial charge in [0.1, 0.15) is 0 Å². The zero-order valence-corrected chi connectivity index (χ0v) is 8.30. The molecule has 0 aromatic carbocycles. The van der Waals surface area contributed by atoms with Gasteiger partial charge in [-0.1, -0.05) is 34.1 Å². The predicted octanol–water partition coefficient (Wildman–Crippen LogP) is 2.83. The minimum atomic E-state index is -0.0811. The lowest BCUT2D eigenvalue weighted by Crippen LogP contribution is -2.17. The van der Waals surface area contributed by atoms with Gasteiger partial charge in [0.25, 0.3) is 0 Å². The first-order valence-electron chi connectivity index (χ1n) is 4.76. The highest BCUT2D eigenvalue weighted by Gasteiger charge is 2.11. The van der Waals surface area contributed by atoms with Crippen LogP contribution in [-0.4, -0.2) is 11.2 Å². The van der Waals surface area contributed by atoms with Gasteiger partial charge in [0.2, 0.25) is 0 Å². The maximum absolute atomic E-state index is 9.57. The summed E-state index contributed by atoms with van der Waals surface area (Å²) >= 11 is 0. The van der Waals surface area contributed by atoms with Gasteiger partial charge >= 0.3 is 0 Å². The van der Waals surface area contributed by atoms with Crippen molar-refractivity contribution in [1.29, 1.82) is 0 Å². The first-order valence-corrected chi connectivity index (χ1v) is 4.76. The van der Waals surface area contributed by atoms with Gasteiger partial charge in [0.15, 0.2) is 0 Å². The van der Waals surface area contributed by atoms with Crippen molar-refractivity contribution < 1.29 is 5.11 Å². The largest absolute Gasteiger partial charge is 0.393 e. The van der Waals surface area contributed by atoms with Gasteiger partial charge in [0.05, 0.1) is 6.10 Å². The smallest absolute Gasteiger partial charge is 0.0565 e. The Labute approximate surface area is 70.8 Å². The van der Waals surface area contributed by atoms with E-state index in [0.717, 1.165) is 19.3 Å². The third-order valence-electron chi connectivity index (χ3n) is 2.34. The molecule has 0 aromatic heterocycles. The second-order valence-corrected chi connectivity index (χ2v) is 3.92. The quantitative estimate of drug-likeness (QED) is 0.652. The summed E-state index contributed by atoms with van der Waals surface area (Å²) in [6, 6.07) is 0. The van der Waals surface area contributed by atoms with Crippen LogP contribution in [0.15, 0.2) is 0 Å². The van der Waals surface area contributed by atoms with Gasteiger partial charge in [-0.2, -0.15) is 0 Å². The van der Waals surface area contributed by atoms with Crippen molar-refractivity contribution in [2.45, 2.75) is 53.1 Å². The van der Waals surface area contributed by atoms with E-state index in [1.807, 2.05) is 0 Å². The molecule has 1 N–H and O–H groups in total. The molecule has 11 heavy (non-hydrogen) atoms. The lowest BCUT2D eigenvalue weighted by molar-refractivity contribution is 0.0995. The summed E-state index contributed by atoms with van der Waals surface area (Å²) in [7, 11) is 0. The molecule has 0 aliphatic carbocycles. The normalized spacial score (nSPS) is 16.9. The third kappa shape index (κ3) is 5.25. The Kier molecular flexibility index (Phi) is 5.57. The van der Waals surface area contributed by atoms with Crippen molar-refractivity contribution in [1.82, 2.24) is 0 Å². The number of aliphatic hydroxyl groups excluding tert-OH is 1. The molecule has 2 unspecified atom stereocenters. The molecule has 2 atom stereocenters. The van der Waals surface area contributed by atoms with Crippen LogP contribution in [0.25, 0.3) is 0 Å². The van der Waals surface area contributed by atoms with Crippen LogP contribution in [0.4, 0.5) is 0 Å². The van der Waals surface area contributed by atoms with E-state index in [-0.39, 0.29) is 6.10 Å². The second kappa shape index (κ2) is 5.59. The van der Waals surface area contributed by atoms with Gasteiger partial charge in [-0.3, -0.25) is 0 Å². The summed E-state index contributed by atoms with van der Waals surface area (Å²) in [6.07, 6.45) is 3.11. The zero-order valence-electron chi connectivity index (χ0n) is 8.30. The molecule has 0 saturated carbocycles. The van der Waals surface area contributed by atoms with Crippen LogP contribution in [0, 0.1) is 11.8 Å². The van der Waals surface area contributed by atoms with Crippen molar-refractivity contribution >= 4 is 0 Å². The van der Waals surface area contributed by atoms with Crippen molar-refractivity contribution in [3.05, 3.63) is 0 Å². The highest BCUT2D eigenvalue weighted by atomic mass is 16.3. The van der Waals surface area contributed by atoms with E-state index >= 15 is 0 Å². The molecule has 0 fully saturated rings. The molecule has 0 rings (SSSR count). The van der Waals surface area contributed by atoms with Gasteiger partial charge in [-0.05, 0) is 24.7 Å². The Hall–Kier alpha value is -0.0400. The number of rotatable bonds is 5. The summed E-state index contributed by atoms with van der Waals surface area (Å²) in [5, 5.41) is 9.57. The van der Waals surface area contributed by atoms with Gasteiger partial charge in [-0.25, -0.2) is 0 Å². The van der Waals surface area contributed by atoms with E-state index in [0.29, 0.717) is 11.8 Å². The van der Waals surface area contributed by atoms with Crippen LogP contribution < -0.4 is 0 Å². The van der Waals surface area contributed by atoms with Crippen molar-refractivity contribution in [2.24, 2.45) is 11.8 Å². The van der Waals surface area contributed by atoms with E-state index < -0.39 is 0 Å². The maximum atomic E-state index is 9.57. The molecule has 1 heteroatoms. The average molecular weight is 158 g/mol.